The number of methoxy groups -OCH3 is 2. The molecule has 0 radical (unpaired) electrons. The quantitative estimate of drug-likeness (QED) is 0.827. The summed E-state index contributed by atoms with van der Waals surface area (Å²) >= 11 is 0. The molecule has 2 heterocycles. The van der Waals surface area contributed by atoms with Gasteiger partial charge in [-0.05, 0) is 31.0 Å². The second-order valence-corrected chi connectivity index (χ2v) is 7.29. The molecular weight excluding hydrogens is 360 g/mol. The van der Waals surface area contributed by atoms with Gasteiger partial charge >= 0.3 is 0 Å². The van der Waals surface area contributed by atoms with E-state index in [0.29, 0.717) is 24.6 Å². The van der Waals surface area contributed by atoms with E-state index in [-0.39, 0.29) is 35.5 Å². The number of hydrogen-bond acceptors (Lipinski definition) is 5. The van der Waals surface area contributed by atoms with Crippen LogP contribution in [0.15, 0.2) is 41.0 Å². The molecule has 2 amide bonds. The molecule has 7 heteroatoms. The van der Waals surface area contributed by atoms with Crippen LogP contribution in [-0.2, 0) is 4.79 Å². The first kappa shape index (κ1) is 18.4. The molecule has 1 saturated carbocycles. The van der Waals surface area contributed by atoms with Gasteiger partial charge in [0, 0.05) is 36.7 Å². The minimum Gasteiger partial charge on any atom is -0.497 e. The van der Waals surface area contributed by atoms with Gasteiger partial charge in [-0.15, -0.1) is 0 Å². The predicted octanol–water partition coefficient (Wildman–Crippen LogP) is 2.43. The summed E-state index contributed by atoms with van der Waals surface area (Å²) in [6.45, 7) is 0.767. The van der Waals surface area contributed by atoms with E-state index in [1.54, 1.807) is 31.3 Å². The molecule has 1 aliphatic carbocycles. The molecular formula is C21H24N2O5. The molecule has 1 N–H and O–H groups in total. The molecule has 1 aromatic carbocycles. The second-order valence-electron chi connectivity index (χ2n) is 7.29. The lowest BCUT2D eigenvalue weighted by atomic mass is 9.87. The Morgan fingerprint density at radius 2 is 1.96 bits per heavy atom. The van der Waals surface area contributed by atoms with Crippen molar-refractivity contribution in [1.29, 1.82) is 0 Å². The van der Waals surface area contributed by atoms with Crippen molar-refractivity contribution in [3.63, 3.8) is 0 Å². The molecule has 148 valence electrons. The Morgan fingerprint density at radius 3 is 2.61 bits per heavy atom. The average molecular weight is 384 g/mol. The first-order valence-electron chi connectivity index (χ1n) is 9.45. The Bertz CT molecular complexity index is 860. The van der Waals surface area contributed by atoms with Crippen molar-refractivity contribution >= 4 is 11.8 Å². The summed E-state index contributed by atoms with van der Waals surface area (Å²) in [5.74, 6) is 0.885. The number of carbonyl (C=O) groups excluding carboxylic acids is 2. The summed E-state index contributed by atoms with van der Waals surface area (Å²) < 4.78 is 16.1. The molecule has 0 bridgehead atoms. The Hall–Kier alpha value is -2.96. The number of nitrogens with one attached hydrogen (secondary N) is 1. The van der Waals surface area contributed by atoms with Crippen LogP contribution in [0.25, 0.3) is 0 Å². The van der Waals surface area contributed by atoms with E-state index in [4.69, 9.17) is 13.9 Å². The van der Waals surface area contributed by atoms with Crippen LogP contribution in [0.2, 0.25) is 0 Å². The lowest BCUT2D eigenvalue weighted by Crippen LogP contribution is -2.36. The fourth-order valence-corrected chi connectivity index (χ4v) is 3.77. The molecule has 2 aromatic rings. The van der Waals surface area contributed by atoms with Gasteiger partial charge in [0.15, 0.2) is 5.76 Å². The number of amides is 2. The maximum atomic E-state index is 12.9. The van der Waals surface area contributed by atoms with E-state index < -0.39 is 0 Å². The smallest absolute Gasteiger partial charge is 0.289 e. The SMILES string of the molecule is COc1ccc([C@H]2CN(C(=O)c3ccco3)C[C@H]2C(=O)NC2CC2)c(OC)c1. The summed E-state index contributed by atoms with van der Waals surface area (Å²) in [5, 5.41) is 3.08. The molecule has 1 aromatic heterocycles. The topological polar surface area (TPSA) is 81.0 Å². The zero-order valence-corrected chi connectivity index (χ0v) is 16.0. The number of benzene rings is 1. The molecule has 2 atom stereocenters. The number of nitrogens with zero attached hydrogens (tertiary/aromatic N) is 1. The zero-order chi connectivity index (χ0) is 19.7. The van der Waals surface area contributed by atoms with Gasteiger partial charge in [0.1, 0.15) is 11.5 Å². The van der Waals surface area contributed by atoms with Crippen molar-refractivity contribution in [3.05, 3.63) is 47.9 Å². The van der Waals surface area contributed by atoms with Crippen molar-refractivity contribution in [3.8, 4) is 11.5 Å². The van der Waals surface area contributed by atoms with E-state index in [9.17, 15) is 9.59 Å². The van der Waals surface area contributed by atoms with Crippen LogP contribution in [0.1, 0.15) is 34.9 Å². The van der Waals surface area contributed by atoms with Crippen molar-refractivity contribution in [1.82, 2.24) is 10.2 Å². The molecule has 28 heavy (non-hydrogen) atoms. The number of hydrogen-bond donors (Lipinski definition) is 1. The van der Waals surface area contributed by atoms with Crippen LogP contribution in [-0.4, -0.2) is 50.1 Å². The summed E-state index contributed by atoms with van der Waals surface area (Å²) in [5.41, 5.74) is 0.897. The zero-order valence-electron chi connectivity index (χ0n) is 16.0. The van der Waals surface area contributed by atoms with Gasteiger partial charge in [0.2, 0.25) is 5.91 Å². The summed E-state index contributed by atoms with van der Waals surface area (Å²) in [7, 11) is 3.19. The number of likely N-dealkylation sites (tertiary alicyclic amines) is 1. The van der Waals surface area contributed by atoms with Gasteiger partial charge in [-0.25, -0.2) is 0 Å². The van der Waals surface area contributed by atoms with Crippen LogP contribution in [0.4, 0.5) is 0 Å². The number of furan rings is 1. The molecule has 1 aliphatic heterocycles. The first-order chi connectivity index (χ1) is 13.6. The minimum absolute atomic E-state index is 0.0138. The van der Waals surface area contributed by atoms with E-state index in [1.165, 1.54) is 6.26 Å². The first-order valence-corrected chi connectivity index (χ1v) is 9.45. The van der Waals surface area contributed by atoms with Gasteiger partial charge in [-0.1, -0.05) is 6.07 Å². The van der Waals surface area contributed by atoms with Crippen LogP contribution in [0.3, 0.4) is 0 Å². The Morgan fingerprint density at radius 1 is 1.14 bits per heavy atom. The normalized spacial score (nSPS) is 21.4. The van der Waals surface area contributed by atoms with E-state index in [2.05, 4.69) is 5.32 Å². The maximum absolute atomic E-state index is 12.9. The summed E-state index contributed by atoms with van der Waals surface area (Å²) in [4.78, 5) is 27.4. The summed E-state index contributed by atoms with van der Waals surface area (Å²) in [6, 6.07) is 9.17. The standard InChI is InChI=1S/C21H24N2O5/c1-26-14-7-8-15(19(10-14)27-2)16-11-23(21(25)18-4-3-9-28-18)12-17(16)20(24)22-13-5-6-13/h3-4,7-10,13,16-17H,5-6,11-12H2,1-2H3,(H,22,24)/t16-,17-/m1/s1. The van der Waals surface area contributed by atoms with E-state index >= 15 is 0 Å². The third kappa shape index (κ3) is 3.56. The van der Waals surface area contributed by atoms with Crippen LogP contribution < -0.4 is 14.8 Å². The van der Waals surface area contributed by atoms with Gasteiger partial charge in [-0.3, -0.25) is 9.59 Å². The van der Waals surface area contributed by atoms with E-state index in [0.717, 1.165) is 18.4 Å². The van der Waals surface area contributed by atoms with Crippen molar-refractivity contribution in [2.75, 3.05) is 27.3 Å². The molecule has 2 aliphatic rings. The third-order valence-corrected chi connectivity index (χ3v) is 5.44. The van der Waals surface area contributed by atoms with Crippen molar-refractivity contribution < 1.29 is 23.5 Å². The largest absolute Gasteiger partial charge is 0.497 e. The lowest BCUT2D eigenvalue weighted by Gasteiger charge is -2.20. The van der Waals surface area contributed by atoms with Gasteiger partial charge in [0.05, 0.1) is 26.4 Å². The number of ether oxygens (including phenoxy) is 2. The highest BCUT2D eigenvalue weighted by atomic mass is 16.5. The molecule has 1 saturated heterocycles. The fraction of sp³-hybridized carbons (Fsp3) is 0.429. The van der Waals surface area contributed by atoms with Crippen molar-refractivity contribution in [2.45, 2.75) is 24.8 Å². The predicted molar refractivity (Wildman–Crippen MR) is 102 cm³/mol. The lowest BCUT2D eigenvalue weighted by molar-refractivity contribution is -0.125. The number of carbonyl (C=O) groups is 2. The van der Waals surface area contributed by atoms with Crippen LogP contribution in [0.5, 0.6) is 11.5 Å². The molecule has 4 rings (SSSR count). The highest BCUT2D eigenvalue weighted by Crippen LogP contribution is 2.40. The third-order valence-electron chi connectivity index (χ3n) is 5.44. The summed E-state index contributed by atoms with van der Waals surface area (Å²) in [6.07, 6.45) is 3.51. The second kappa shape index (κ2) is 7.58. The molecule has 2 fully saturated rings. The minimum atomic E-state index is -0.346. The van der Waals surface area contributed by atoms with Crippen LogP contribution in [0, 0.1) is 5.92 Å². The van der Waals surface area contributed by atoms with Gasteiger partial charge in [0.25, 0.3) is 5.91 Å². The Labute approximate surface area is 163 Å². The Kier molecular flexibility index (Phi) is 4.98. The maximum Gasteiger partial charge on any atom is 0.289 e. The monoisotopic (exact) mass is 384 g/mol. The van der Waals surface area contributed by atoms with E-state index in [1.807, 2.05) is 18.2 Å². The highest BCUT2D eigenvalue weighted by Gasteiger charge is 2.43. The average Bonchev–Trinajstić information content (AvgIpc) is 3.21. The Balaban J connectivity index is 1.63. The van der Waals surface area contributed by atoms with Gasteiger partial charge < -0.3 is 24.1 Å². The molecule has 0 unspecified atom stereocenters. The molecule has 0 spiro atoms. The fourth-order valence-electron chi connectivity index (χ4n) is 3.77. The van der Waals surface area contributed by atoms with Gasteiger partial charge in [-0.2, -0.15) is 0 Å². The highest BCUT2D eigenvalue weighted by molar-refractivity contribution is 5.93. The number of rotatable bonds is 6. The molecule has 7 nitrogen and oxygen atoms in total. The van der Waals surface area contributed by atoms with Crippen molar-refractivity contribution in [2.24, 2.45) is 5.92 Å². The van der Waals surface area contributed by atoms with Crippen LogP contribution >= 0.6 is 0 Å².